The number of furan rings is 1. The van der Waals surface area contributed by atoms with E-state index in [2.05, 4.69) is 26.9 Å². The fourth-order valence-electron chi connectivity index (χ4n) is 5.01. The summed E-state index contributed by atoms with van der Waals surface area (Å²) in [7, 11) is 0. The monoisotopic (exact) mass is 654 g/mol. The Morgan fingerprint density at radius 1 is 1.15 bits per heavy atom. The number of thiophene rings is 1. The van der Waals surface area contributed by atoms with Gasteiger partial charge in [0.2, 0.25) is 5.91 Å². The number of amides is 1. The van der Waals surface area contributed by atoms with Gasteiger partial charge in [-0.25, -0.2) is 9.78 Å². The zero-order valence-electron chi connectivity index (χ0n) is 24.9. The molecule has 1 amide bonds. The molecule has 1 aliphatic heterocycles. The molecule has 0 bridgehead atoms. The highest BCUT2D eigenvalue weighted by atomic mass is 32.1. The number of nitrogens with two attached hydrogens (primary N) is 1. The van der Waals surface area contributed by atoms with Crippen molar-refractivity contribution in [3.05, 3.63) is 48.0 Å². The van der Waals surface area contributed by atoms with E-state index in [0.717, 1.165) is 63.0 Å². The first-order valence-electron chi connectivity index (χ1n) is 14.0. The number of piperidine rings is 1. The second-order valence-corrected chi connectivity index (χ2v) is 12.2. The standard InChI is InChI=1S/C29H28N6O3S.C2HF3O2/c1-17(36)34-10-6-19(7-11-34)35-16-18(13-33-35)22-14-32-28(30)27-21(22)12-23(38-27)26-20-5-9-31-15-25(20)39-24(26)4-8-29(2,3)37;3-2(4,5)1(6)7/h5,9,12-16,19,37H,6-7,10-11H2,1-3H3,(H2,30,32);(H,6,7). The van der Waals surface area contributed by atoms with Gasteiger partial charge in [-0.15, -0.1) is 11.3 Å². The van der Waals surface area contributed by atoms with Gasteiger partial charge in [0.25, 0.3) is 0 Å². The minimum absolute atomic E-state index is 0.115. The number of hydrogen-bond donors (Lipinski definition) is 3. The summed E-state index contributed by atoms with van der Waals surface area (Å²) in [4.78, 5) is 31.9. The molecule has 0 saturated carbocycles. The highest BCUT2D eigenvalue weighted by molar-refractivity contribution is 7.20. The Hall–Kier alpha value is -4.94. The molecule has 0 atom stereocenters. The number of aliphatic carboxylic acids is 1. The van der Waals surface area contributed by atoms with E-state index in [1.165, 1.54) is 11.3 Å². The predicted molar refractivity (Wildman–Crippen MR) is 166 cm³/mol. The van der Waals surface area contributed by atoms with Crippen LogP contribution in [-0.2, 0) is 9.59 Å². The quantitative estimate of drug-likeness (QED) is 0.214. The van der Waals surface area contributed by atoms with Gasteiger partial charge in [-0.3, -0.25) is 14.5 Å². The van der Waals surface area contributed by atoms with Crippen LogP contribution in [0.3, 0.4) is 0 Å². The first kappa shape index (κ1) is 32.5. The van der Waals surface area contributed by atoms with E-state index < -0.39 is 17.7 Å². The van der Waals surface area contributed by atoms with Crippen molar-refractivity contribution >= 4 is 50.1 Å². The van der Waals surface area contributed by atoms with Crippen molar-refractivity contribution in [2.24, 2.45) is 0 Å². The van der Waals surface area contributed by atoms with Gasteiger partial charge in [-0.2, -0.15) is 18.3 Å². The lowest BCUT2D eigenvalue weighted by Crippen LogP contribution is -2.37. The smallest absolute Gasteiger partial charge is 0.475 e. The van der Waals surface area contributed by atoms with Gasteiger partial charge in [0.15, 0.2) is 11.4 Å². The first-order chi connectivity index (χ1) is 21.6. The predicted octanol–water partition coefficient (Wildman–Crippen LogP) is 5.49. The summed E-state index contributed by atoms with van der Waals surface area (Å²) >= 11 is 1.50. The van der Waals surface area contributed by atoms with E-state index in [1.54, 1.807) is 39.4 Å². The van der Waals surface area contributed by atoms with E-state index in [4.69, 9.17) is 20.1 Å². The molecular weight excluding hydrogens is 625 g/mol. The normalized spacial score (nSPS) is 14.1. The molecule has 0 unspecified atom stereocenters. The summed E-state index contributed by atoms with van der Waals surface area (Å²) in [6.45, 7) is 6.39. The number of alkyl halides is 3. The maximum absolute atomic E-state index is 11.7. The van der Waals surface area contributed by atoms with E-state index in [1.807, 2.05) is 34.1 Å². The molecule has 1 saturated heterocycles. The van der Waals surface area contributed by atoms with Crippen LogP contribution in [0.1, 0.15) is 44.5 Å². The molecule has 1 aliphatic rings. The molecule has 6 heterocycles. The fraction of sp³-hybridized carbons (Fsp3) is 0.323. The van der Waals surface area contributed by atoms with Crippen molar-refractivity contribution in [1.29, 1.82) is 0 Å². The van der Waals surface area contributed by atoms with E-state index in [-0.39, 0.29) is 11.9 Å². The Morgan fingerprint density at radius 2 is 1.85 bits per heavy atom. The van der Waals surface area contributed by atoms with Crippen LogP contribution in [0.2, 0.25) is 0 Å². The van der Waals surface area contributed by atoms with Crippen LogP contribution in [0.25, 0.3) is 43.5 Å². The summed E-state index contributed by atoms with van der Waals surface area (Å²) in [6.07, 6.45) is 5.80. The minimum atomic E-state index is -5.08. The number of pyridine rings is 2. The summed E-state index contributed by atoms with van der Waals surface area (Å²) in [5.74, 6) is 4.34. The molecule has 4 N–H and O–H groups in total. The molecule has 5 aromatic rings. The zero-order chi connectivity index (χ0) is 33.4. The van der Waals surface area contributed by atoms with Crippen molar-refractivity contribution in [1.82, 2.24) is 24.6 Å². The number of aromatic nitrogens is 4. The lowest BCUT2D eigenvalue weighted by molar-refractivity contribution is -0.192. The maximum atomic E-state index is 11.7. The SMILES string of the molecule is CC(=O)N1CCC(n2cc(-c3cnc(N)c4oc(-c5c(C#CC(C)(C)O)sc6cnccc56)cc34)cn2)CC1.O=C(O)C(F)(F)F. The minimum Gasteiger partial charge on any atom is -0.475 e. The van der Waals surface area contributed by atoms with Crippen LogP contribution in [0, 0.1) is 11.8 Å². The fourth-order valence-corrected chi connectivity index (χ4v) is 6.04. The molecule has 11 nitrogen and oxygen atoms in total. The van der Waals surface area contributed by atoms with E-state index in [9.17, 15) is 23.1 Å². The molecule has 0 aromatic carbocycles. The molecule has 0 spiro atoms. The number of fused-ring (bicyclic) bond motifs is 2. The Bertz CT molecular complexity index is 1990. The van der Waals surface area contributed by atoms with Crippen LogP contribution in [0.4, 0.5) is 19.0 Å². The molecule has 6 rings (SSSR count). The average molecular weight is 655 g/mol. The van der Waals surface area contributed by atoms with Gasteiger partial charge in [-0.05, 0) is 38.8 Å². The molecule has 46 heavy (non-hydrogen) atoms. The van der Waals surface area contributed by atoms with E-state index >= 15 is 0 Å². The Kier molecular flexibility index (Phi) is 8.78. The third kappa shape index (κ3) is 6.98. The number of nitrogens with zero attached hydrogens (tertiary/aromatic N) is 5. The summed E-state index contributed by atoms with van der Waals surface area (Å²) in [6, 6.07) is 4.14. The molecule has 0 aliphatic carbocycles. The number of carboxylic acid groups (broad SMARTS) is 1. The maximum Gasteiger partial charge on any atom is 0.490 e. The molecule has 15 heteroatoms. The number of hydrogen-bond acceptors (Lipinski definition) is 9. The van der Waals surface area contributed by atoms with Crippen molar-refractivity contribution < 1.29 is 37.4 Å². The molecule has 0 radical (unpaired) electrons. The van der Waals surface area contributed by atoms with E-state index in [0.29, 0.717) is 17.2 Å². The van der Waals surface area contributed by atoms with Crippen LogP contribution in [0.15, 0.2) is 47.5 Å². The Labute approximate surface area is 264 Å². The van der Waals surface area contributed by atoms with Gasteiger partial charge in [0.1, 0.15) is 11.4 Å². The topological polar surface area (TPSA) is 161 Å². The second-order valence-electron chi connectivity index (χ2n) is 11.1. The number of carbonyl (C=O) groups excluding carboxylic acids is 1. The van der Waals surface area contributed by atoms with Crippen LogP contribution in [-0.4, -0.2) is 71.6 Å². The number of rotatable bonds is 3. The number of likely N-dealkylation sites (tertiary alicyclic amines) is 1. The molecular formula is C31H29F3N6O5S. The summed E-state index contributed by atoms with van der Waals surface area (Å²) in [5.41, 5.74) is 8.25. The number of carboxylic acids is 1. The van der Waals surface area contributed by atoms with Gasteiger partial charge < -0.3 is 25.3 Å². The summed E-state index contributed by atoms with van der Waals surface area (Å²) < 4.78 is 41.0. The largest absolute Gasteiger partial charge is 0.490 e. The first-order valence-corrected chi connectivity index (χ1v) is 14.8. The number of aliphatic hydroxyl groups is 1. The highest BCUT2D eigenvalue weighted by Crippen LogP contribution is 2.43. The van der Waals surface area contributed by atoms with Crippen molar-refractivity contribution in [3.8, 4) is 34.3 Å². The van der Waals surface area contributed by atoms with Crippen molar-refractivity contribution in [2.45, 2.75) is 51.4 Å². The third-order valence-electron chi connectivity index (χ3n) is 7.25. The van der Waals surface area contributed by atoms with Gasteiger partial charge in [-0.1, -0.05) is 11.8 Å². The highest BCUT2D eigenvalue weighted by Gasteiger charge is 2.38. The molecule has 240 valence electrons. The Balaban J connectivity index is 0.000000537. The van der Waals surface area contributed by atoms with Crippen LogP contribution >= 0.6 is 11.3 Å². The van der Waals surface area contributed by atoms with Crippen molar-refractivity contribution in [3.63, 3.8) is 0 Å². The van der Waals surface area contributed by atoms with Crippen molar-refractivity contribution in [2.75, 3.05) is 18.8 Å². The number of carbonyl (C=O) groups is 2. The summed E-state index contributed by atoms with van der Waals surface area (Å²) in [5, 5.41) is 23.8. The molecule has 5 aromatic heterocycles. The number of anilines is 1. The lowest BCUT2D eigenvalue weighted by atomic mass is 10.0. The number of halogens is 3. The lowest BCUT2D eigenvalue weighted by Gasteiger charge is -2.31. The molecule has 1 fully saturated rings. The van der Waals surface area contributed by atoms with Crippen LogP contribution < -0.4 is 5.73 Å². The number of nitrogen functional groups attached to an aromatic ring is 1. The Morgan fingerprint density at radius 3 is 2.48 bits per heavy atom. The zero-order valence-corrected chi connectivity index (χ0v) is 25.7. The van der Waals surface area contributed by atoms with Gasteiger partial charge in [0, 0.05) is 66.7 Å². The average Bonchev–Trinajstić information content (AvgIpc) is 3.73. The van der Waals surface area contributed by atoms with Crippen LogP contribution in [0.5, 0.6) is 0 Å². The second kappa shape index (κ2) is 12.5. The third-order valence-corrected chi connectivity index (χ3v) is 8.30. The van der Waals surface area contributed by atoms with Gasteiger partial charge in [0.05, 0.1) is 27.4 Å². The van der Waals surface area contributed by atoms with Gasteiger partial charge >= 0.3 is 12.1 Å².